The zero-order valence-electron chi connectivity index (χ0n) is 47.4. The van der Waals surface area contributed by atoms with E-state index in [9.17, 15) is 0 Å². The van der Waals surface area contributed by atoms with Crippen molar-refractivity contribution in [2.75, 3.05) is 0 Å². The molecule has 0 N–H and O–H groups in total. The number of benzene rings is 11. The molecule has 0 saturated carbocycles. The van der Waals surface area contributed by atoms with Crippen molar-refractivity contribution in [2.24, 2.45) is 27.1 Å². The number of rotatable bonds is 24. The van der Waals surface area contributed by atoms with E-state index >= 15 is 0 Å². The van der Waals surface area contributed by atoms with E-state index in [4.69, 9.17) is 81.4 Å². The van der Waals surface area contributed by atoms with Crippen molar-refractivity contribution in [3.8, 4) is 69.0 Å². The van der Waals surface area contributed by atoms with Gasteiger partial charge in [-0.1, -0.05) is 209 Å². The molecule has 13 rings (SSSR count). The van der Waals surface area contributed by atoms with Crippen molar-refractivity contribution in [1.29, 1.82) is 0 Å². The van der Waals surface area contributed by atoms with Gasteiger partial charge in [0.05, 0.1) is 0 Å². The van der Waals surface area contributed by atoms with Crippen LogP contribution in [-0.2, 0) is 0 Å². The standard InChI is InChI=1S/C66H54N6O12P6/c1-11-31-55(32-12-1)73-85(74-56-33-13-2-14-34-56)67-86(75-57-35-15-3-16-36-57,76-58-37-17-4-18-38-58)70-89(69-85,81-63-47-27-9-28-48-63)83-65-51-53-66(54-52-65)84-90(82-64-49-29-10-30-50-64)71-87(77-59-39-19-5-20-40-59,78-60-41-21-6-22-42-60)68-88(72-90,79-61-43-23-7-24-44-61)80-62-45-25-8-26-46-62/h1-54H. The Bertz CT molecular complexity index is 3900. The third kappa shape index (κ3) is 15.1. The maximum absolute atomic E-state index is 7.23. The second-order valence-corrected chi connectivity index (χ2v) is 31.5. The lowest BCUT2D eigenvalue weighted by Gasteiger charge is -2.33. The SMILES string of the molecule is c1ccc(OP2(Oc3ccccc3)=NP(Oc3ccccc3)(Oc3ccccc3)=NP(Oc3ccccc3)(Oc3ccc(OP4(Oc5ccccc5)=NP(Oc5ccccc5)(Oc5ccccc5)=NP(Oc5ccccc5)(Oc5ccccc5)=N4)cc3)=N2)cc1. The first-order valence-corrected chi connectivity index (χ1v) is 37.2. The summed E-state index contributed by atoms with van der Waals surface area (Å²) in [4.78, 5) is 0. The molecule has 0 spiro atoms. The highest BCUT2D eigenvalue weighted by Gasteiger charge is 2.51. The fraction of sp³-hybridized carbons (Fsp3) is 0. The summed E-state index contributed by atoms with van der Waals surface area (Å²) in [7, 11) is -25.4. The summed E-state index contributed by atoms with van der Waals surface area (Å²) in [5, 5.41) is 0. The third-order valence-electron chi connectivity index (χ3n) is 12.3. The number of hydrogen-bond acceptors (Lipinski definition) is 18. The van der Waals surface area contributed by atoms with Crippen molar-refractivity contribution in [3.05, 3.63) is 328 Å². The summed E-state index contributed by atoms with van der Waals surface area (Å²) in [6.45, 7) is 0. The largest absolute Gasteiger partial charge is 0.460 e. The van der Waals surface area contributed by atoms with Crippen molar-refractivity contribution in [1.82, 2.24) is 0 Å². The Morgan fingerprint density at radius 2 is 0.211 bits per heavy atom. The zero-order chi connectivity index (χ0) is 60.8. The highest BCUT2D eigenvalue weighted by molar-refractivity contribution is 7.79. The normalized spacial score (nSPS) is 17.9. The van der Waals surface area contributed by atoms with Gasteiger partial charge in [-0.05, 0) is 146 Å². The molecule has 2 heterocycles. The molecular formula is C66H54N6O12P6. The van der Waals surface area contributed by atoms with Gasteiger partial charge in [0.2, 0.25) is 0 Å². The van der Waals surface area contributed by atoms with Crippen molar-refractivity contribution in [2.45, 2.75) is 0 Å². The molecule has 2 atom stereocenters. The lowest BCUT2D eigenvalue weighted by molar-refractivity contribution is 0.438. The summed E-state index contributed by atoms with van der Waals surface area (Å²) >= 11 is 0. The van der Waals surface area contributed by atoms with E-state index in [-0.39, 0.29) is 11.5 Å². The predicted molar refractivity (Wildman–Crippen MR) is 354 cm³/mol. The van der Waals surface area contributed by atoms with Gasteiger partial charge in [-0.25, -0.2) is 0 Å². The summed E-state index contributed by atoms with van der Waals surface area (Å²) < 4.78 is 117. The Morgan fingerprint density at radius 3 is 0.311 bits per heavy atom. The van der Waals surface area contributed by atoms with Crippen LogP contribution in [0.25, 0.3) is 0 Å². The second-order valence-electron chi connectivity index (χ2n) is 19.2. The fourth-order valence-corrected chi connectivity index (χ4v) is 26.7. The molecule has 90 heavy (non-hydrogen) atoms. The van der Waals surface area contributed by atoms with E-state index < -0.39 is 46.0 Å². The van der Waals surface area contributed by atoms with Crippen LogP contribution in [0.1, 0.15) is 0 Å². The van der Waals surface area contributed by atoms with Crippen LogP contribution in [-0.4, -0.2) is 0 Å². The quantitative estimate of drug-likeness (QED) is 0.0522. The summed E-state index contributed by atoms with van der Waals surface area (Å²) in [6.07, 6.45) is 0. The van der Waals surface area contributed by atoms with E-state index in [0.29, 0.717) is 57.5 Å². The molecule has 0 fully saturated rings. The predicted octanol–water partition coefficient (Wildman–Crippen LogP) is 22.9. The van der Waals surface area contributed by atoms with Gasteiger partial charge in [0.15, 0.2) is 0 Å². The number of nitrogens with zero attached hydrogens (tertiary/aromatic N) is 6. The van der Waals surface area contributed by atoms with E-state index in [0.717, 1.165) is 0 Å². The Balaban J connectivity index is 1.01. The zero-order valence-corrected chi connectivity index (χ0v) is 52.8. The molecule has 0 aromatic heterocycles. The maximum Gasteiger partial charge on any atom is 0.460 e. The molecule has 18 nitrogen and oxygen atoms in total. The average molecular weight is 1310 g/mol. The van der Waals surface area contributed by atoms with Crippen LogP contribution in [0.15, 0.2) is 355 Å². The lowest BCUT2D eigenvalue weighted by atomic mass is 10.3. The first kappa shape index (κ1) is 59.4. The molecule has 2 unspecified atom stereocenters. The summed E-state index contributed by atoms with van der Waals surface area (Å²) in [5.41, 5.74) is 0. The van der Waals surface area contributed by atoms with Crippen LogP contribution < -0.4 is 54.3 Å². The third-order valence-corrected chi connectivity index (χ3v) is 28.5. The molecule has 0 amide bonds. The van der Waals surface area contributed by atoms with Gasteiger partial charge in [-0.3, -0.25) is 0 Å². The van der Waals surface area contributed by atoms with Crippen LogP contribution in [0.5, 0.6) is 69.0 Å². The van der Waals surface area contributed by atoms with E-state index in [1.807, 2.05) is 182 Å². The van der Waals surface area contributed by atoms with Crippen molar-refractivity contribution in [3.63, 3.8) is 0 Å². The molecule has 0 radical (unpaired) electrons. The second kappa shape index (κ2) is 27.0. The molecule has 2 aliphatic heterocycles. The first-order chi connectivity index (χ1) is 44.2. The van der Waals surface area contributed by atoms with E-state index in [1.165, 1.54) is 0 Å². The molecular weight excluding hydrogens is 1250 g/mol. The minimum Gasteiger partial charge on any atom is -0.413 e. The Morgan fingerprint density at radius 1 is 0.122 bits per heavy atom. The molecule has 0 bridgehead atoms. The van der Waals surface area contributed by atoms with Gasteiger partial charge >= 0.3 is 46.0 Å². The molecule has 11 aromatic carbocycles. The number of para-hydroxylation sites is 10. The van der Waals surface area contributed by atoms with Gasteiger partial charge < -0.3 is 54.3 Å². The van der Waals surface area contributed by atoms with Crippen molar-refractivity contribution < 1.29 is 54.3 Å². The molecule has 450 valence electrons. The molecule has 0 saturated heterocycles. The monoisotopic (exact) mass is 1310 g/mol. The molecule has 24 heteroatoms. The van der Waals surface area contributed by atoms with Crippen LogP contribution in [0.2, 0.25) is 0 Å². The smallest absolute Gasteiger partial charge is 0.413 e. The molecule has 0 aliphatic carbocycles. The summed E-state index contributed by atoms with van der Waals surface area (Å²) in [6, 6.07) is 97.4. The van der Waals surface area contributed by atoms with Gasteiger partial charge in [-0.15, -0.1) is 0 Å². The first-order valence-electron chi connectivity index (χ1n) is 28.0. The lowest BCUT2D eigenvalue weighted by Crippen LogP contribution is -2.11. The van der Waals surface area contributed by atoms with Crippen LogP contribution in [0.3, 0.4) is 0 Å². The minimum absolute atomic E-state index is 0.197. The highest BCUT2D eigenvalue weighted by Crippen LogP contribution is 2.80. The van der Waals surface area contributed by atoms with Crippen LogP contribution >= 0.6 is 46.0 Å². The van der Waals surface area contributed by atoms with Gasteiger partial charge in [0.1, 0.15) is 69.0 Å². The Kier molecular flexibility index (Phi) is 17.8. The van der Waals surface area contributed by atoms with Gasteiger partial charge in [-0.2, -0.15) is 0 Å². The number of hydrogen-bond donors (Lipinski definition) is 0. The van der Waals surface area contributed by atoms with E-state index in [1.54, 1.807) is 146 Å². The van der Waals surface area contributed by atoms with Crippen molar-refractivity contribution >= 4 is 46.0 Å². The summed E-state index contributed by atoms with van der Waals surface area (Å²) in [5.74, 6) is 4.07. The highest BCUT2D eigenvalue weighted by atomic mass is 31.3. The Labute approximate surface area is 521 Å². The van der Waals surface area contributed by atoms with Crippen LogP contribution in [0.4, 0.5) is 0 Å². The fourth-order valence-electron chi connectivity index (χ4n) is 8.54. The maximum atomic E-state index is 7.23. The minimum atomic E-state index is -4.31. The average Bonchev–Trinajstić information content (AvgIpc) is 0.755. The topological polar surface area (TPSA) is 185 Å². The van der Waals surface area contributed by atoms with Gasteiger partial charge in [0.25, 0.3) is 0 Å². The Hall–Kier alpha value is -9.60. The van der Waals surface area contributed by atoms with E-state index in [2.05, 4.69) is 0 Å². The molecule has 11 aromatic rings. The van der Waals surface area contributed by atoms with Gasteiger partial charge in [0, 0.05) is 0 Å². The molecule has 2 aliphatic rings. The van der Waals surface area contributed by atoms with Crippen LogP contribution in [0, 0.1) is 0 Å².